The molecule has 0 spiro atoms. The summed E-state index contributed by atoms with van der Waals surface area (Å²) in [6.45, 7) is 6.40. The van der Waals surface area contributed by atoms with Crippen molar-refractivity contribution in [3.05, 3.63) is 83.4 Å². The van der Waals surface area contributed by atoms with Crippen LogP contribution in [0.5, 0.6) is 0 Å². The molecule has 0 aromatic heterocycles. The van der Waals surface area contributed by atoms with Crippen molar-refractivity contribution >= 4 is 52.1 Å². The molecule has 0 unspecified atom stereocenters. The molecule has 186 valence electrons. The molecule has 1 saturated heterocycles. The summed E-state index contributed by atoms with van der Waals surface area (Å²) in [5.41, 5.74) is 4.14. The minimum atomic E-state index is -0.295. The Bertz CT molecular complexity index is 1240. The molecular weight excluding hydrogens is 492 g/mol. The number of rotatable bonds is 5. The zero-order chi connectivity index (χ0) is 25.7. The van der Waals surface area contributed by atoms with Gasteiger partial charge in [0.1, 0.15) is 0 Å². The van der Waals surface area contributed by atoms with Crippen LogP contribution in [-0.4, -0.2) is 48.0 Å². The van der Waals surface area contributed by atoms with Crippen molar-refractivity contribution < 1.29 is 9.59 Å². The fourth-order valence-electron chi connectivity index (χ4n) is 4.23. The van der Waals surface area contributed by atoms with Crippen LogP contribution >= 0.6 is 23.8 Å². The predicted octanol–water partition coefficient (Wildman–Crippen LogP) is 5.44. The van der Waals surface area contributed by atoms with Crippen LogP contribution in [0, 0.1) is 5.92 Å². The second-order valence-corrected chi connectivity index (χ2v) is 9.77. The highest BCUT2D eigenvalue weighted by molar-refractivity contribution is 7.80. The van der Waals surface area contributed by atoms with Crippen LogP contribution in [0.2, 0.25) is 5.02 Å². The van der Waals surface area contributed by atoms with Gasteiger partial charge >= 0.3 is 0 Å². The van der Waals surface area contributed by atoms with Gasteiger partial charge in [-0.2, -0.15) is 0 Å². The van der Waals surface area contributed by atoms with Crippen LogP contribution in [0.25, 0.3) is 11.1 Å². The number of halogens is 1. The van der Waals surface area contributed by atoms with Crippen molar-refractivity contribution in [2.75, 3.05) is 36.4 Å². The predicted molar refractivity (Wildman–Crippen MR) is 151 cm³/mol. The van der Waals surface area contributed by atoms with Gasteiger partial charge in [-0.05, 0) is 47.6 Å². The van der Waals surface area contributed by atoms with Gasteiger partial charge < -0.3 is 15.1 Å². The molecule has 2 N–H and O–H groups in total. The molecule has 1 fully saturated rings. The highest BCUT2D eigenvalue weighted by Crippen LogP contribution is 2.34. The van der Waals surface area contributed by atoms with Crippen molar-refractivity contribution in [3.63, 3.8) is 0 Å². The van der Waals surface area contributed by atoms with Crippen LogP contribution < -0.4 is 15.5 Å². The number of carbonyl (C=O) groups excluding carboxylic acids is 2. The Labute approximate surface area is 222 Å². The molecule has 0 radical (unpaired) electrons. The Balaban J connectivity index is 1.40. The summed E-state index contributed by atoms with van der Waals surface area (Å²) in [5, 5.41) is 6.65. The van der Waals surface area contributed by atoms with Gasteiger partial charge in [-0.15, -0.1) is 0 Å². The first kappa shape index (κ1) is 25.7. The molecule has 1 aliphatic heterocycles. The lowest BCUT2D eigenvalue weighted by Gasteiger charge is -2.38. The molecule has 36 heavy (non-hydrogen) atoms. The zero-order valence-electron chi connectivity index (χ0n) is 20.3. The van der Waals surface area contributed by atoms with Crippen molar-refractivity contribution in [2.24, 2.45) is 5.92 Å². The number of amides is 2. The molecular formula is C28H29ClN4O2S. The number of carbonyl (C=O) groups is 2. The lowest BCUT2D eigenvalue weighted by molar-refractivity contribution is -0.134. The first-order valence-corrected chi connectivity index (χ1v) is 12.7. The van der Waals surface area contributed by atoms with Crippen LogP contribution in [-0.2, 0) is 4.79 Å². The summed E-state index contributed by atoms with van der Waals surface area (Å²) in [6.07, 6.45) is 0. The SMILES string of the molecule is CC(C)C(=O)N1CCN(c2c(Cl)cccc2NC(=S)NC(=O)c2ccc(-c3ccccc3)cc2)CC1. The number of piperazine rings is 1. The van der Waals surface area contributed by atoms with Gasteiger partial charge in [0.15, 0.2) is 5.11 Å². The molecule has 6 nitrogen and oxygen atoms in total. The maximum atomic E-state index is 12.8. The highest BCUT2D eigenvalue weighted by Gasteiger charge is 2.25. The molecule has 2 amide bonds. The maximum absolute atomic E-state index is 12.8. The van der Waals surface area contributed by atoms with E-state index in [2.05, 4.69) is 15.5 Å². The number of nitrogens with zero attached hydrogens (tertiary/aromatic N) is 2. The summed E-state index contributed by atoms with van der Waals surface area (Å²) in [6, 6.07) is 22.9. The van der Waals surface area contributed by atoms with E-state index in [9.17, 15) is 9.59 Å². The van der Waals surface area contributed by atoms with E-state index in [1.165, 1.54) is 0 Å². The highest BCUT2D eigenvalue weighted by atomic mass is 35.5. The van der Waals surface area contributed by atoms with E-state index < -0.39 is 0 Å². The Morgan fingerprint density at radius 2 is 1.50 bits per heavy atom. The molecule has 3 aromatic carbocycles. The number of thiocarbonyl (C=S) groups is 1. The van der Waals surface area contributed by atoms with E-state index in [1.54, 1.807) is 12.1 Å². The summed E-state index contributed by atoms with van der Waals surface area (Å²) in [7, 11) is 0. The Morgan fingerprint density at radius 3 is 2.14 bits per heavy atom. The van der Waals surface area contributed by atoms with Gasteiger partial charge in [0, 0.05) is 37.7 Å². The van der Waals surface area contributed by atoms with Crippen molar-refractivity contribution in [2.45, 2.75) is 13.8 Å². The van der Waals surface area contributed by atoms with E-state index >= 15 is 0 Å². The Morgan fingerprint density at radius 1 is 0.861 bits per heavy atom. The molecule has 0 aliphatic carbocycles. The van der Waals surface area contributed by atoms with E-state index in [0.29, 0.717) is 42.5 Å². The Kier molecular flexibility index (Phi) is 8.23. The number of hydrogen-bond donors (Lipinski definition) is 2. The quantitative estimate of drug-likeness (QED) is 0.439. The number of nitrogens with one attached hydrogen (secondary N) is 2. The third-order valence-electron chi connectivity index (χ3n) is 6.12. The zero-order valence-corrected chi connectivity index (χ0v) is 21.9. The monoisotopic (exact) mass is 520 g/mol. The second kappa shape index (κ2) is 11.5. The first-order chi connectivity index (χ1) is 17.3. The van der Waals surface area contributed by atoms with Crippen molar-refractivity contribution in [1.29, 1.82) is 0 Å². The summed E-state index contributed by atoms with van der Waals surface area (Å²) in [4.78, 5) is 29.2. The summed E-state index contributed by atoms with van der Waals surface area (Å²) >= 11 is 12.0. The number of benzene rings is 3. The minimum Gasteiger partial charge on any atom is -0.365 e. The van der Waals surface area contributed by atoms with Gasteiger partial charge in [0.25, 0.3) is 5.91 Å². The van der Waals surface area contributed by atoms with Crippen LogP contribution in [0.1, 0.15) is 24.2 Å². The number of anilines is 2. The second-order valence-electron chi connectivity index (χ2n) is 8.95. The summed E-state index contributed by atoms with van der Waals surface area (Å²) < 4.78 is 0. The molecule has 1 aliphatic rings. The van der Waals surface area contributed by atoms with E-state index in [0.717, 1.165) is 16.8 Å². The number of para-hydroxylation sites is 1. The van der Waals surface area contributed by atoms with Crippen LogP contribution in [0.3, 0.4) is 0 Å². The van der Waals surface area contributed by atoms with Gasteiger partial charge in [-0.25, -0.2) is 0 Å². The first-order valence-electron chi connectivity index (χ1n) is 11.9. The molecule has 1 heterocycles. The normalized spacial score (nSPS) is 13.4. The van der Waals surface area contributed by atoms with Gasteiger partial charge in [-0.1, -0.05) is 74.0 Å². The van der Waals surface area contributed by atoms with Gasteiger partial charge in [-0.3, -0.25) is 14.9 Å². The largest absolute Gasteiger partial charge is 0.365 e. The van der Waals surface area contributed by atoms with Crippen molar-refractivity contribution in [1.82, 2.24) is 10.2 Å². The molecule has 8 heteroatoms. The van der Waals surface area contributed by atoms with E-state index in [1.807, 2.05) is 79.4 Å². The lowest BCUT2D eigenvalue weighted by Crippen LogP contribution is -2.50. The lowest BCUT2D eigenvalue weighted by atomic mass is 10.0. The fraction of sp³-hybridized carbons (Fsp3) is 0.250. The summed E-state index contributed by atoms with van der Waals surface area (Å²) in [5.74, 6) is -0.158. The van der Waals surface area contributed by atoms with Crippen LogP contribution in [0.4, 0.5) is 11.4 Å². The molecule has 0 bridgehead atoms. The average molecular weight is 521 g/mol. The molecule has 4 rings (SSSR count). The topological polar surface area (TPSA) is 64.7 Å². The maximum Gasteiger partial charge on any atom is 0.257 e. The van der Waals surface area contributed by atoms with Crippen molar-refractivity contribution in [3.8, 4) is 11.1 Å². The fourth-order valence-corrected chi connectivity index (χ4v) is 4.72. The molecule has 3 aromatic rings. The third-order valence-corrected chi connectivity index (χ3v) is 6.63. The number of hydrogen-bond acceptors (Lipinski definition) is 4. The minimum absolute atomic E-state index is 0.0235. The smallest absolute Gasteiger partial charge is 0.257 e. The third kappa shape index (κ3) is 6.04. The Hall–Kier alpha value is -3.42. The van der Waals surface area contributed by atoms with Crippen LogP contribution in [0.15, 0.2) is 72.8 Å². The molecule has 0 saturated carbocycles. The molecule has 0 atom stereocenters. The standard InChI is InChI=1S/C28H29ClN4O2S/c1-19(2)27(35)33-17-15-32(16-18-33)25-23(29)9-6-10-24(25)30-28(36)31-26(34)22-13-11-21(12-14-22)20-7-4-3-5-8-20/h3-14,19H,15-18H2,1-2H3,(H2,30,31,34,36). The van der Waals surface area contributed by atoms with E-state index in [4.69, 9.17) is 23.8 Å². The van der Waals surface area contributed by atoms with E-state index in [-0.39, 0.29) is 22.8 Å². The average Bonchev–Trinajstić information content (AvgIpc) is 2.89. The van der Waals surface area contributed by atoms with Gasteiger partial charge in [0.2, 0.25) is 5.91 Å². The van der Waals surface area contributed by atoms with Gasteiger partial charge in [0.05, 0.1) is 16.4 Å².